The van der Waals surface area contributed by atoms with Crippen LogP contribution in [0.5, 0.6) is 0 Å². The highest BCUT2D eigenvalue weighted by Crippen LogP contribution is 2.07. The Bertz CT molecular complexity index is 551. The smallest absolute Gasteiger partial charge is 0.246 e. The SMILES string of the molecule is CCOCn1cc(NC(=O)Cn2cc(Br)cn2)cn1. The summed E-state index contributed by atoms with van der Waals surface area (Å²) in [5.41, 5.74) is 0.635. The van der Waals surface area contributed by atoms with E-state index in [-0.39, 0.29) is 12.5 Å². The topological polar surface area (TPSA) is 74.0 Å². The first-order valence-corrected chi connectivity index (χ1v) is 6.54. The van der Waals surface area contributed by atoms with Crippen molar-refractivity contribution in [2.45, 2.75) is 20.2 Å². The van der Waals surface area contributed by atoms with E-state index in [4.69, 9.17) is 4.74 Å². The lowest BCUT2D eigenvalue weighted by molar-refractivity contribution is -0.116. The van der Waals surface area contributed by atoms with Crippen LogP contribution in [0.3, 0.4) is 0 Å². The molecule has 8 heteroatoms. The minimum absolute atomic E-state index is 0.155. The Labute approximate surface area is 118 Å². The van der Waals surface area contributed by atoms with E-state index in [0.717, 1.165) is 4.47 Å². The van der Waals surface area contributed by atoms with Gasteiger partial charge in [0.25, 0.3) is 0 Å². The molecule has 7 nitrogen and oxygen atoms in total. The van der Waals surface area contributed by atoms with Crippen molar-refractivity contribution in [1.29, 1.82) is 0 Å². The summed E-state index contributed by atoms with van der Waals surface area (Å²) in [6.07, 6.45) is 6.66. The molecule has 0 aliphatic carbocycles. The summed E-state index contributed by atoms with van der Waals surface area (Å²) in [5.74, 6) is -0.161. The fourth-order valence-corrected chi connectivity index (χ4v) is 1.78. The van der Waals surface area contributed by atoms with E-state index < -0.39 is 0 Å². The van der Waals surface area contributed by atoms with E-state index in [1.165, 1.54) is 0 Å². The van der Waals surface area contributed by atoms with Gasteiger partial charge in [0, 0.05) is 12.8 Å². The summed E-state index contributed by atoms with van der Waals surface area (Å²) in [4.78, 5) is 11.8. The van der Waals surface area contributed by atoms with Crippen molar-refractivity contribution in [2.75, 3.05) is 11.9 Å². The number of anilines is 1. The van der Waals surface area contributed by atoms with E-state index in [2.05, 4.69) is 31.4 Å². The summed E-state index contributed by atoms with van der Waals surface area (Å²) in [5, 5.41) is 10.8. The first kappa shape index (κ1) is 13.8. The van der Waals surface area contributed by atoms with Gasteiger partial charge in [0.15, 0.2) is 0 Å². The van der Waals surface area contributed by atoms with Crippen LogP contribution >= 0.6 is 15.9 Å². The molecule has 0 fully saturated rings. The quantitative estimate of drug-likeness (QED) is 0.872. The molecule has 1 N–H and O–H groups in total. The molecule has 2 rings (SSSR count). The number of carbonyl (C=O) groups is 1. The molecule has 2 aromatic rings. The number of nitrogens with one attached hydrogen (secondary N) is 1. The third kappa shape index (κ3) is 4.18. The number of rotatable bonds is 6. The van der Waals surface area contributed by atoms with Crippen molar-refractivity contribution >= 4 is 27.5 Å². The Morgan fingerprint density at radius 3 is 2.84 bits per heavy atom. The van der Waals surface area contributed by atoms with Crippen LogP contribution in [0.1, 0.15) is 6.92 Å². The molecule has 0 saturated heterocycles. The number of carbonyl (C=O) groups excluding carboxylic acids is 1. The van der Waals surface area contributed by atoms with E-state index in [1.54, 1.807) is 34.2 Å². The highest BCUT2D eigenvalue weighted by atomic mass is 79.9. The van der Waals surface area contributed by atoms with Crippen LogP contribution in [0.15, 0.2) is 29.3 Å². The van der Waals surface area contributed by atoms with Gasteiger partial charge in [-0.05, 0) is 22.9 Å². The fraction of sp³-hybridized carbons (Fsp3) is 0.364. The monoisotopic (exact) mass is 327 g/mol. The first-order chi connectivity index (χ1) is 9.17. The van der Waals surface area contributed by atoms with Crippen LogP contribution in [0, 0.1) is 0 Å². The highest BCUT2D eigenvalue weighted by molar-refractivity contribution is 9.10. The van der Waals surface area contributed by atoms with Crippen LogP contribution in [-0.4, -0.2) is 32.1 Å². The Morgan fingerprint density at radius 2 is 2.16 bits per heavy atom. The van der Waals surface area contributed by atoms with Gasteiger partial charge in [0.1, 0.15) is 13.3 Å². The van der Waals surface area contributed by atoms with Gasteiger partial charge in [-0.1, -0.05) is 0 Å². The molecule has 2 aromatic heterocycles. The summed E-state index contributed by atoms with van der Waals surface area (Å²) in [6.45, 7) is 3.06. The summed E-state index contributed by atoms with van der Waals surface area (Å²) in [6, 6.07) is 0. The molecule has 102 valence electrons. The maximum atomic E-state index is 11.8. The lowest BCUT2D eigenvalue weighted by Gasteiger charge is -2.02. The second-order valence-electron chi connectivity index (χ2n) is 3.79. The number of amides is 1. The minimum atomic E-state index is -0.161. The Kier molecular flexibility index (Phi) is 4.69. The number of ether oxygens (including phenoxy) is 1. The lowest BCUT2D eigenvalue weighted by Crippen LogP contribution is -2.18. The molecule has 19 heavy (non-hydrogen) atoms. The van der Waals surface area contributed by atoms with Crippen molar-refractivity contribution in [3.05, 3.63) is 29.3 Å². The number of hydrogen-bond acceptors (Lipinski definition) is 4. The molecule has 0 aromatic carbocycles. The molecule has 0 bridgehead atoms. The van der Waals surface area contributed by atoms with Crippen LogP contribution in [0.25, 0.3) is 0 Å². The zero-order valence-electron chi connectivity index (χ0n) is 10.4. The molecule has 0 aliphatic rings. The van der Waals surface area contributed by atoms with Crippen LogP contribution < -0.4 is 5.32 Å². The molecule has 2 heterocycles. The van der Waals surface area contributed by atoms with E-state index in [1.807, 2.05) is 6.92 Å². The molecular formula is C11H14BrN5O2. The number of nitrogens with zero attached hydrogens (tertiary/aromatic N) is 4. The predicted molar refractivity (Wildman–Crippen MR) is 72.4 cm³/mol. The fourth-order valence-electron chi connectivity index (χ4n) is 1.46. The molecule has 0 saturated carbocycles. The Balaban J connectivity index is 1.86. The van der Waals surface area contributed by atoms with Crippen LogP contribution in [-0.2, 0) is 22.8 Å². The van der Waals surface area contributed by atoms with E-state index >= 15 is 0 Å². The average molecular weight is 328 g/mol. The number of hydrogen-bond donors (Lipinski definition) is 1. The molecule has 0 spiro atoms. The maximum Gasteiger partial charge on any atom is 0.246 e. The van der Waals surface area contributed by atoms with Crippen molar-refractivity contribution in [3.63, 3.8) is 0 Å². The number of aromatic nitrogens is 4. The van der Waals surface area contributed by atoms with Gasteiger partial charge < -0.3 is 10.1 Å². The third-order valence-corrected chi connectivity index (χ3v) is 2.66. The molecule has 0 radical (unpaired) electrons. The van der Waals surface area contributed by atoms with Gasteiger partial charge in [-0.25, -0.2) is 4.68 Å². The van der Waals surface area contributed by atoms with Gasteiger partial charge in [-0.2, -0.15) is 10.2 Å². The molecule has 1 amide bonds. The largest absolute Gasteiger partial charge is 0.360 e. The van der Waals surface area contributed by atoms with Gasteiger partial charge in [-0.3, -0.25) is 9.48 Å². The van der Waals surface area contributed by atoms with Gasteiger partial charge >= 0.3 is 0 Å². The molecular weight excluding hydrogens is 314 g/mol. The van der Waals surface area contributed by atoms with Crippen molar-refractivity contribution in [1.82, 2.24) is 19.6 Å². The summed E-state index contributed by atoms with van der Waals surface area (Å²) < 4.78 is 9.20. The van der Waals surface area contributed by atoms with Crippen molar-refractivity contribution in [2.24, 2.45) is 0 Å². The van der Waals surface area contributed by atoms with E-state index in [0.29, 0.717) is 19.0 Å². The third-order valence-electron chi connectivity index (χ3n) is 2.25. The van der Waals surface area contributed by atoms with Gasteiger partial charge in [0.05, 0.1) is 28.8 Å². The maximum absolute atomic E-state index is 11.8. The molecule has 0 aliphatic heterocycles. The van der Waals surface area contributed by atoms with E-state index in [9.17, 15) is 4.79 Å². The zero-order valence-corrected chi connectivity index (χ0v) is 12.0. The molecule has 0 unspecified atom stereocenters. The van der Waals surface area contributed by atoms with Crippen molar-refractivity contribution in [3.8, 4) is 0 Å². The lowest BCUT2D eigenvalue weighted by atomic mass is 10.5. The summed E-state index contributed by atoms with van der Waals surface area (Å²) in [7, 11) is 0. The van der Waals surface area contributed by atoms with Crippen LogP contribution in [0.2, 0.25) is 0 Å². The minimum Gasteiger partial charge on any atom is -0.360 e. The number of halogens is 1. The van der Waals surface area contributed by atoms with Gasteiger partial charge in [0.2, 0.25) is 5.91 Å². The highest BCUT2D eigenvalue weighted by Gasteiger charge is 2.06. The molecule has 0 atom stereocenters. The zero-order chi connectivity index (χ0) is 13.7. The first-order valence-electron chi connectivity index (χ1n) is 5.75. The Morgan fingerprint density at radius 1 is 1.37 bits per heavy atom. The van der Waals surface area contributed by atoms with Crippen molar-refractivity contribution < 1.29 is 9.53 Å². The normalized spacial score (nSPS) is 10.6. The predicted octanol–water partition coefficient (Wildman–Crippen LogP) is 1.47. The average Bonchev–Trinajstić information content (AvgIpc) is 2.96. The second kappa shape index (κ2) is 6.48. The van der Waals surface area contributed by atoms with Gasteiger partial charge in [-0.15, -0.1) is 0 Å². The Hall–Kier alpha value is -1.67. The summed E-state index contributed by atoms with van der Waals surface area (Å²) >= 11 is 3.27. The van der Waals surface area contributed by atoms with Crippen LogP contribution in [0.4, 0.5) is 5.69 Å². The second-order valence-corrected chi connectivity index (χ2v) is 4.71. The standard InChI is InChI=1S/C11H14BrN5O2/c1-2-19-8-17-6-10(4-14-17)15-11(18)7-16-5-9(12)3-13-16/h3-6H,2,7-8H2,1H3,(H,15,18).